The molecule has 2 aliphatic carbocycles. The second-order valence-corrected chi connectivity index (χ2v) is 14.1. The van der Waals surface area contributed by atoms with E-state index in [4.69, 9.17) is 4.74 Å². The van der Waals surface area contributed by atoms with Crippen molar-refractivity contribution in [3.63, 3.8) is 0 Å². The van der Waals surface area contributed by atoms with E-state index in [9.17, 15) is 48.7 Å². The maximum atomic E-state index is 15.0. The highest BCUT2D eigenvalue weighted by atomic mass is 32.2. The monoisotopic (exact) mass is 679 g/mol. The number of likely N-dealkylation sites (tertiary alicyclic amines) is 1. The van der Waals surface area contributed by atoms with Crippen LogP contribution in [0.25, 0.3) is 0 Å². The van der Waals surface area contributed by atoms with Crippen LogP contribution in [-0.2, 0) is 41.0 Å². The molecule has 1 aliphatic heterocycles. The van der Waals surface area contributed by atoms with Crippen molar-refractivity contribution < 1.29 is 57.9 Å². The van der Waals surface area contributed by atoms with Gasteiger partial charge in [0.1, 0.15) is 10.6 Å². The number of rotatable bonds is 5. The molecule has 5 rings (SSSR count). The highest BCUT2D eigenvalue weighted by molar-refractivity contribution is 7.92. The standard InChI is InChI=1S/C31H29F8NO5S/c1-17-14-19(27(42)45-2)6-9-23(17)26(41)40-13-12-28(46(43,44)22-5-3-4-21(32)16-22)24-10-8-20(15-18(24)7-11-25(28)40)29(33,30(34,35)36)31(37,38)39/h3-5,8,10,14-17,23,25H,6-7,9,11-13H2,1-2H3/t17-,23+,25?,28?/m0/s1. The first kappa shape index (κ1) is 33.9. The number of aryl methyl sites for hydroxylation is 1. The van der Waals surface area contributed by atoms with Crippen molar-refractivity contribution >= 4 is 21.7 Å². The predicted octanol–water partition coefficient (Wildman–Crippen LogP) is 6.48. The summed E-state index contributed by atoms with van der Waals surface area (Å²) >= 11 is 0. The Morgan fingerprint density at radius 1 is 0.957 bits per heavy atom. The molecule has 2 aromatic carbocycles. The molecule has 4 atom stereocenters. The van der Waals surface area contributed by atoms with Gasteiger partial charge in [-0.05, 0) is 67.3 Å². The van der Waals surface area contributed by atoms with Crippen LogP contribution in [-0.4, -0.2) is 57.2 Å². The van der Waals surface area contributed by atoms with Gasteiger partial charge in [0.25, 0.3) is 0 Å². The summed E-state index contributed by atoms with van der Waals surface area (Å²) in [7, 11) is -3.46. The fraction of sp³-hybridized carbons (Fsp3) is 0.484. The number of allylic oxidation sites excluding steroid dienone is 1. The number of ether oxygens (including phenoxy) is 1. The number of halogens is 8. The second-order valence-electron chi connectivity index (χ2n) is 11.9. The number of methoxy groups -OCH3 is 1. The molecule has 1 heterocycles. The van der Waals surface area contributed by atoms with Crippen molar-refractivity contribution in [3.05, 3.63) is 76.6 Å². The molecule has 2 unspecified atom stereocenters. The third-order valence-corrected chi connectivity index (χ3v) is 12.1. The van der Waals surface area contributed by atoms with Gasteiger partial charge in [-0.15, -0.1) is 0 Å². The molecule has 6 nitrogen and oxygen atoms in total. The minimum atomic E-state index is -6.38. The van der Waals surface area contributed by atoms with Gasteiger partial charge < -0.3 is 9.64 Å². The van der Waals surface area contributed by atoms with Gasteiger partial charge in [-0.1, -0.05) is 37.3 Å². The lowest BCUT2D eigenvalue weighted by Crippen LogP contribution is -2.54. The van der Waals surface area contributed by atoms with Gasteiger partial charge in [-0.25, -0.2) is 22.0 Å². The van der Waals surface area contributed by atoms with Crippen LogP contribution < -0.4 is 0 Å². The smallest absolute Gasteiger partial charge is 0.435 e. The molecule has 1 fully saturated rings. The number of hydrogen-bond donors (Lipinski definition) is 0. The van der Waals surface area contributed by atoms with Crippen LogP contribution in [0.4, 0.5) is 35.1 Å². The third-order valence-electron chi connectivity index (χ3n) is 9.52. The van der Waals surface area contributed by atoms with Gasteiger partial charge in [0.2, 0.25) is 5.91 Å². The van der Waals surface area contributed by atoms with E-state index < -0.39 is 78.6 Å². The number of amides is 1. The fourth-order valence-corrected chi connectivity index (χ4v) is 9.69. The number of hydrogen-bond acceptors (Lipinski definition) is 5. The molecule has 15 heteroatoms. The van der Waals surface area contributed by atoms with E-state index in [0.717, 1.165) is 30.3 Å². The van der Waals surface area contributed by atoms with Crippen molar-refractivity contribution in [2.24, 2.45) is 11.8 Å². The number of carbonyl (C=O) groups is 2. The zero-order valence-electron chi connectivity index (χ0n) is 24.5. The van der Waals surface area contributed by atoms with E-state index in [0.29, 0.717) is 11.6 Å². The summed E-state index contributed by atoms with van der Waals surface area (Å²) in [6.45, 7) is 1.56. The molecule has 0 saturated carbocycles. The van der Waals surface area contributed by atoms with E-state index in [2.05, 4.69) is 0 Å². The van der Waals surface area contributed by atoms with Crippen molar-refractivity contribution in [2.45, 2.75) is 72.7 Å². The zero-order valence-corrected chi connectivity index (χ0v) is 25.3. The van der Waals surface area contributed by atoms with Crippen molar-refractivity contribution in [3.8, 4) is 0 Å². The third kappa shape index (κ3) is 5.00. The lowest BCUT2D eigenvalue weighted by Gasteiger charge is -2.44. The maximum absolute atomic E-state index is 15.0. The average Bonchev–Trinajstić information content (AvgIpc) is 3.40. The molecule has 1 amide bonds. The van der Waals surface area contributed by atoms with Gasteiger partial charge in [-0.2, -0.15) is 26.3 Å². The molecule has 2 aromatic rings. The average molecular weight is 680 g/mol. The molecular weight excluding hydrogens is 650 g/mol. The number of esters is 1. The van der Waals surface area contributed by atoms with Gasteiger partial charge in [0, 0.05) is 23.6 Å². The minimum absolute atomic E-state index is 0.145. The first-order valence-electron chi connectivity index (χ1n) is 14.4. The van der Waals surface area contributed by atoms with Crippen LogP contribution >= 0.6 is 0 Å². The van der Waals surface area contributed by atoms with Crippen molar-refractivity contribution in [1.29, 1.82) is 0 Å². The number of nitrogens with zero attached hydrogens (tertiary/aromatic N) is 1. The molecule has 0 N–H and O–H groups in total. The van der Waals surface area contributed by atoms with E-state index in [1.807, 2.05) is 0 Å². The number of alkyl halides is 7. The normalized spacial score (nSPS) is 25.4. The number of sulfone groups is 1. The first-order valence-corrected chi connectivity index (χ1v) is 15.9. The van der Waals surface area contributed by atoms with E-state index >= 15 is 4.39 Å². The van der Waals surface area contributed by atoms with Gasteiger partial charge >= 0.3 is 24.0 Å². The highest BCUT2D eigenvalue weighted by Crippen LogP contribution is 2.57. The lowest BCUT2D eigenvalue weighted by molar-refractivity contribution is -0.348. The Labute approximate surface area is 259 Å². The summed E-state index contributed by atoms with van der Waals surface area (Å²) < 4.78 is 142. The Hall–Kier alpha value is -3.49. The summed E-state index contributed by atoms with van der Waals surface area (Å²) in [5, 5.41) is 0. The van der Waals surface area contributed by atoms with Crippen molar-refractivity contribution in [1.82, 2.24) is 4.90 Å². The van der Waals surface area contributed by atoms with Crippen LogP contribution in [0.15, 0.2) is 59.0 Å². The molecule has 0 radical (unpaired) electrons. The summed E-state index contributed by atoms with van der Waals surface area (Å²) in [6, 6.07) is 4.27. The molecule has 46 heavy (non-hydrogen) atoms. The van der Waals surface area contributed by atoms with E-state index in [-0.39, 0.29) is 55.8 Å². The van der Waals surface area contributed by atoms with E-state index in [1.54, 1.807) is 13.0 Å². The van der Waals surface area contributed by atoms with Crippen molar-refractivity contribution in [2.75, 3.05) is 13.7 Å². The Kier molecular flexibility index (Phi) is 8.35. The Balaban J connectivity index is 1.64. The number of benzene rings is 2. The van der Waals surface area contributed by atoms with Crippen LogP contribution in [0.1, 0.15) is 49.3 Å². The topological polar surface area (TPSA) is 80.8 Å². The minimum Gasteiger partial charge on any atom is -0.466 e. The molecular formula is C31H29F8NO5S. The van der Waals surface area contributed by atoms with Gasteiger partial charge in [0.05, 0.1) is 18.0 Å². The second kappa shape index (κ2) is 11.3. The van der Waals surface area contributed by atoms with Gasteiger partial charge in [-0.3, -0.25) is 4.79 Å². The van der Waals surface area contributed by atoms with Crippen LogP contribution in [0.3, 0.4) is 0 Å². The van der Waals surface area contributed by atoms with Crippen LogP contribution in [0, 0.1) is 17.7 Å². The summed E-state index contributed by atoms with van der Waals surface area (Å²) in [4.78, 5) is 26.9. The molecule has 0 aromatic heterocycles. The zero-order chi connectivity index (χ0) is 34.0. The molecule has 250 valence electrons. The first-order chi connectivity index (χ1) is 21.3. The largest absolute Gasteiger partial charge is 0.466 e. The number of carbonyl (C=O) groups excluding carboxylic acids is 2. The Morgan fingerprint density at radius 2 is 1.63 bits per heavy atom. The lowest BCUT2D eigenvalue weighted by atomic mass is 9.76. The summed E-state index contributed by atoms with van der Waals surface area (Å²) in [5.41, 5.74) is -7.53. The number of fused-ring (bicyclic) bond motifs is 3. The van der Waals surface area contributed by atoms with Crippen LogP contribution in [0.2, 0.25) is 0 Å². The fourth-order valence-electron chi connectivity index (χ4n) is 7.29. The predicted molar refractivity (Wildman–Crippen MR) is 147 cm³/mol. The molecule has 0 spiro atoms. The maximum Gasteiger partial charge on any atom is 0.435 e. The van der Waals surface area contributed by atoms with Crippen LogP contribution in [0.5, 0.6) is 0 Å². The van der Waals surface area contributed by atoms with E-state index in [1.165, 1.54) is 12.0 Å². The summed E-state index contributed by atoms with van der Waals surface area (Å²) in [5.74, 6) is -3.02. The highest BCUT2D eigenvalue weighted by Gasteiger charge is 2.74. The Bertz CT molecular complexity index is 1690. The quantitative estimate of drug-likeness (QED) is 0.267. The SMILES string of the molecule is COC(=O)C1=C[C@H](C)[C@H](C(=O)N2CCC3(S(=O)(=O)c4cccc(F)c4)c4ccc(C(F)(C(F)(F)F)C(F)(F)F)cc4CCC23)CC1. The molecule has 1 saturated heterocycles. The molecule has 0 bridgehead atoms. The molecule has 3 aliphatic rings. The Morgan fingerprint density at radius 3 is 2.22 bits per heavy atom. The summed E-state index contributed by atoms with van der Waals surface area (Å²) in [6.07, 6.45) is -11.5. The van der Waals surface area contributed by atoms with Gasteiger partial charge in [0.15, 0.2) is 9.84 Å².